The molecule has 148 valence electrons. The number of nitrogens with two attached hydrogens (primary N) is 1. The van der Waals surface area contributed by atoms with Crippen molar-refractivity contribution in [2.24, 2.45) is 0 Å². The van der Waals surface area contributed by atoms with Gasteiger partial charge in [-0.1, -0.05) is 0 Å². The molecule has 4 rings (SSSR count). The third-order valence-electron chi connectivity index (χ3n) is 5.33. The van der Waals surface area contributed by atoms with E-state index in [2.05, 4.69) is 25.5 Å². The second kappa shape index (κ2) is 7.69. The van der Waals surface area contributed by atoms with Crippen molar-refractivity contribution in [1.29, 1.82) is 5.41 Å². The predicted molar refractivity (Wildman–Crippen MR) is 107 cm³/mol. The number of anilines is 4. The van der Waals surface area contributed by atoms with Crippen molar-refractivity contribution in [1.82, 2.24) is 15.3 Å². The van der Waals surface area contributed by atoms with E-state index in [-0.39, 0.29) is 11.4 Å². The van der Waals surface area contributed by atoms with Gasteiger partial charge in [0.25, 0.3) is 0 Å². The van der Waals surface area contributed by atoms with Crippen molar-refractivity contribution in [3.8, 4) is 0 Å². The van der Waals surface area contributed by atoms with Gasteiger partial charge in [-0.05, 0) is 31.0 Å². The van der Waals surface area contributed by atoms with Gasteiger partial charge in [0, 0.05) is 49.3 Å². The summed E-state index contributed by atoms with van der Waals surface area (Å²) in [4.78, 5) is 10.6. The van der Waals surface area contributed by atoms with E-state index in [0.29, 0.717) is 22.9 Å². The smallest absolute Gasteiger partial charge is 0.227 e. The van der Waals surface area contributed by atoms with Gasteiger partial charge in [-0.25, -0.2) is 9.37 Å². The van der Waals surface area contributed by atoms with Crippen LogP contribution >= 0.6 is 0 Å². The van der Waals surface area contributed by atoms with E-state index in [9.17, 15) is 4.39 Å². The summed E-state index contributed by atoms with van der Waals surface area (Å²) in [5.74, 6) is 0.0529. The van der Waals surface area contributed by atoms with Gasteiger partial charge in [0.15, 0.2) is 11.6 Å². The normalized spacial score (nSPS) is 18.8. The minimum atomic E-state index is -0.537. The Bertz CT molecular complexity index is 859. The molecule has 2 fully saturated rings. The van der Waals surface area contributed by atoms with Crippen LogP contribution in [-0.2, 0) is 4.74 Å². The molecule has 1 aromatic carbocycles. The van der Waals surface area contributed by atoms with Crippen LogP contribution in [0, 0.1) is 11.2 Å². The number of ether oxygens (including phenoxy) is 1. The van der Waals surface area contributed by atoms with Gasteiger partial charge in [-0.2, -0.15) is 4.98 Å². The molecular weight excluding hydrogens is 361 g/mol. The molecule has 0 radical (unpaired) electrons. The minimum Gasteiger partial charge on any atom is -0.398 e. The topological polar surface area (TPSA) is 112 Å². The largest absolute Gasteiger partial charge is 0.398 e. The van der Waals surface area contributed by atoms with Crippen molar-refractivity contribution < 1.29 is 9.13 Å². The van der Waals surface area contributed by atoms with Crippen molar-refractivity contribution in [3.05, 3.63) is 35.8 Å². The molecule has 0 atom stereocenters. The summed E-state index contributed by atoms with van der Waals surface area (Å²) < 4.78 is 20.3. The molecule has 0 unspecified atom stereocenters. The van der Waals surface area contributed by atoms with E-state index in [4.69, 9.17) is 15.9 Å². The summed E-state index contributed by atoms with van der Waals surface area (Å²) >= 11 is 0. The fourth-order valence-electron chi connectivity index (χ4n) is 3.65. The van der Waals surface area contributed by atoms with Crippen LogP contribution in [0.15, 0.2) is 24.4 Å². The van der Waals surface area contributed by atoms with Crippen LogP contribution in [0.2, 0.25) is 0 Å². The zero-order valence-corrected chi connectivity index (χ0v) is 15.5. The monoisotopic (exact) mass is 385 g/mol. The van der Waals surface area contributed by atoms with Crippen LogP contribution in [0.4, 0.5) is 27.5 Å². The Morgan fingerprint density at radius 3 is 2.89 bits per heavy atom. The van der Waals surface area contributed by atoms with Crippen molar-refractivity contribution in [2.75, 3.05) is 48.7 Å². The Hall–Kier alpha value is -2.78. The van der Waals surface area contributed by atoms with Gasteiger partial charge < -0.3 is 31.4 Å². The number of morpholine rings is 1. The summed E-state index contributed by atoms with van der Waals surface area (Å²) in [6.07, 6.45) is 4.10. The number of nitrogen functional groups attached to an aromatic ring is 1. The molecule has 0 saturated carbocycles. The van der Waals surface area contributed by atoms with E-state index in [1.165, 1.54) is 6.20 Å². The van der Waals surface area contributed by atoms with E-state index in [1.54, 1.807) is 18.2 Å². The number of hydrogen-bond acceptors (Lipinski definition) is 8. The van der Waals surface area contributed by atoms with Gasteiger partial charge >= 0.3 is 0 Å². The molecule has 8 nitrogen and oxygen atoms in total. The second-order valence-electron chi connectivity index (χ2n) is 7.17. The lowest BCUT2D eigenvalue weighted by molar-refractivity contribution is -0.0800. The minimum absolute atomic E-state index is 0.0987. The quantitative estimate of drug-likeness (QED) is 0.470. The lowest BCUT2D eigenvalue weighted by Crippen LogP contribution is -2.55. The first kappa shape index (κ1) is 18.6. The molecular formula is C19H24FN7O. The highest BCUT2D eigenvalue weighted by atomic mass is 19.1. The molecule has 2 aliphatic rings. The highest BCUT2D eigenvalue weighted by molar-refractivity contribution is 5.87. The average Bonchev–Trinajstić information content (AvgIpc) is 2.72. The summed E-state index contributed by atoms with van der Waals surface area (Å²) in [5.41, 5.74) is 7.35. The Morgan fingerprint density at radius 1 is 1.36 bits per heavy atom. The highest BCUT2D eigenvalue weighted by Crippen LogP contribution is 2.30. The maximum atomic E-state index is 14.3. The first-order valence-corrected chi connectivity index (χ1v) is 9.38. The van der Waals surface area contributed by atoms with Crippen LogP contribution in [0.3, 0.4) is 0 Å². The molecule has 3 heterocycles. The third-order valence-corrected chi connectivity index (χ3v) is 5.33. The maximum Gasteiger partial charge on any atom is 0.227 e. The summed E-state index contributed by atoms with van der Waals surface area (Å²) in [6, 6.07) is 5.08. The van der Waals surface area contributed by atoms with Crippen LogP contribution < -0.4 is 21.3 Å². The molecule has 1 aromatic heterocycles. The molecule has 0 bridgehead atoms. The number of nitrogens with zero attached hydrogens (tertiary/aromatic N) is 3. The Balaban J connectivity index is 1.49. The Kier molecular flexibility index (Phi) is 5.10. The SMILES string of the molecule is N=Cc1cc(Nc2nc(N3CCC4(CC3)CNCCO4)ncc2F)ccc1N. The molecule has 28 heavy (non-hydrogen) atoms. The van der Waals surface area contributed by atoms with Crippen molar-refractivity contribution >= 4 is 29.4 Å². The number of hydrogen-bond donors (Lipinski definition) is 4. The van der Waals surface area contributed by atoms with Gasteiger partial charge in [0.05, 0.1) is 18.4 Å². The summed E-state index contributed by atoms with van der Waals surface area (Å²) in [7, 11) is 0. The molecule has 0 aliphatic carbocycles. The molecule has 2 aromatic rings. The molecule has 1 spiro atoms. The first-order chi connectivity index (χ1) is 13.6. The van der Waals surface area contributed by atoms with Crippen LogP contribution in [0.25, 0.3) is 0 Å². The van der Waals surface area contributed by atoms with Crippen LogP contribution in [0.5, 0.6) is 0 Å². The number of aromatic nitrogens is 2. The lowest BCUT2D eigenvalue weighted by Gasteiger charge is -2.44. The zero-order chi connectivity index (χ0) is 19.6. The Labute approximate surface area is 162 Å². The number of nitrogens with one attached hydrogen (secondary N) is 3. The summed E-state index contributed by atoms with van der Waals surface area (Å²) in [5, 5.41) is 13.8. The van der Waals surface area contributed by atoms with E-state index >= 15 is 0 Å². The first-order valence-electron chi connectivity index (χ1n) is 9.38. The van der Waals surface area contributed by atoms with Crippen molar-refractivity contribution in [3.63, 3.8) is 0 Å². The van der Waals surface area contributed by atoms with Crippen LogP contribution in [-0.4, -0.2) is 54.6 Å². The maximum absolute atomic E-state index is 14.3. The molecule has 2 aliphatic heterocycles. The average molecular weight is 385 g/mol. The number of halogens is 1. The number of rotatable bonds is 4. The fraction of sp³-hybridized carbons (Fsp3) is 0.421. The van der Waals surface area contributed by atoms with Gasteiger partial charge in [0.2, 0.25) is 5.95 Å². The molecule has 2 saturated heterocycles. The third kappa shape index (κ3) is 3.76. The Morgan fingerprint density at radius 2 is 2.18 bits per heavy atom. The fourth-order valence-corrected chi connectivity index (χ4v) is 3.65. The van der Waals surface area contributed by atoms with E-state index in [1.807, 2.05) is 0 Å². The number of piperidine rings is 1. The molecule has 9 heteroatoms. The zero-order valence-electron chi connectivity index (χ0n) is 15.5. The standard InChI is InChI=1S/C19H24FN7O/c20-15-11-24-18(27-6-3-19(4-7-27)12-23-5-8-28-19)26-17(15)25-14-1-2-16(22)13(9-14)10-21/h1-2,9-11,21,23H,3-8,12,22H2,(H,24,25,26). The van der Waals surface area contributed by atoms with Gasteiger partial charge in [-0.15, -0.1) is 0 Å². The van der Waals surface area contributed by atoms with Crippen molar-refractivity contribution in [2.45, 2.75) is 18.4 Å². The lowest BCUT2D eigenvalue weighted by atomic mass is 9.90. The number of benzene rings is 1. The van der Waals surface area contributed by atoms with E-state index < -0.39 is 5.82 Å². The van der Waals surface area contributed by atoms with Gasteiger partial charge in [0.1, 0.15) is 0 Å². The summed E-state index contributed by atoms with van der Waals surface area (Å²) in [6.45, 7) is 4.01. The predicted octanol–water partition coefficient (Wildman–Crippen LogP) is 1.90. The highest BCUT2D eigenvalue weighted by Gasteiger charge is 2.37. The van der Waals surface area contributed by atoms with E-state index in [0.717, 1.165) is 51.8 Å². The molecule has 0 amide bonds. The van der Waals surface area contributed by atoms with Crippen LogP contribution in [0.1, 0.15) is 18.4 Å². The second-order valence-corrected chi connectivity index (χ2v) is 7.17. The van der Waals surface area contributed by atoms with Gasteiger partial charge in [-0.3, -0.25) is 0 Å². The molecule has 5 N–H and O–H groups in total.